The van der Waals surface area contributed by atoms with E-state index in [1.807, 2.05) is 0 Å². The lowest BCUT2D eigenvalue weighted by Gasteiger charge is -2.51. The van der Waals surface area contributed by atoms with Crippen LogP contribution in [0.2, 0.25) is 0 Å². The molecule has 0 aromatic heterocycles. The molecule has 0 bridgehead atoms. The van der Waals surface area contributed by atoms with Crippen molar-refractivity contribution >= 4 is 0 Å². The summed E-state index contributed by atoms with van der Waals surface area (Å²) in [5.74, 6) is 1.14. The lowest BCUT2D eigenvalue weighted by Crippen LogP contribution is -2.40. The van der Waals surface area contributed by atoms with Crippen molar-refractivity contribution in [2.24, 2.45) is 11.3 Å². The second-order valence-corrected chi connectivity index (χ2v) is 4.20. The highest BCUT2D eigenvalue weighted by Crippen LogP contribution is 2.56. The Bertz CT molecular complexity index is 112. The Hall–Kier alpha value is 0. The highest BCUT2D eigenvalue weighted by Gasteiger charge is 2.44. The molecule has 0 nitrogen and oxygen atoms in total. The summed E-state index contributed by atoms with van der Waals surface area (Å²) in [5, 5.41) is 0. The Labute approximate surface area is 64.0 Å². The van der Waals surface area contributed by atoms with E-state index in [1.54, 1.807) is 25.7 Å². The molecule has 0 unspecified atom stereocenters. The van der Waals surface area contributed by atoms with E-state index in [0.717, 1.165) is 11.3 Å². The molecule has 2 rings (SSSR count). The van der Waals surface area contributed by atoms with Crippen LogP contribution in [0.15, 0.2) is 0 Å². The van der Waals surface area contributed by atoms with E-state index in [0.29, 0.717) is 0 Å². The predicted molar refractivity (Wildman–Crippen MR) is 43.9 cm³/mol. The Balaban J connectivity index is 1.96. The maximum absolute atomic E-state index is 2.39. The molecule has 0 spiro atoms. The van der Waals surface area contributed by atoms with Gasteiger partial charge in [0.25, 0.3) is 0 Å². The van der Waals surface area contributed by atoms with Crippen LogP contribution in [0.3, 0.4) is 0 Å². The minimum absolute atomic E-state index is 0.859. The highest BCUT2D eigenvalue weighted by atomic mass is 14.5. The molecular weight excluding hydrogens is 120 g/mol. The van der Waals surface area contributed by atoms with Crippen molar-refractivity contribution in [3.05, 3.63) is 0 Å². The Morgan fingerprint density at radius 3 is 2.00 bits per heavy atom. The lowest BCUT2D eigenvalue weighted by atomic mass is 9.54. The van der Waals surface area contributed by atoms with Gasteiger partial charge >= 0.3 is 0 Å². The van der Waals surface area contributed by atoms with Crippen molar-refractivity contribution in [3.63, 3.8) is 0 Å². The van der Waals surface area contributed by atoms with Gasteiger partial charge < -0.3 is 0 Å². The number of rotatable bonds is 2. The zero-order chi connectivity index (χ0) is 7.03. The summed E-state index contributed by atoms with van der Waals surface area (Å²) in [6.45, 7) is 2.39. The molecule has 0 aromatic rings. The molecule has 2 aliphatic rings. The van der Waals surface area contributed by atoms with Crippen molar-refractivity contribution in [1.29, 1.82) is 0 Å². The zero-order valence-electron chi connectivity index (χ0n) is 7.03. The standard InChI is InChI=1S/C10H18/c1-2-10(7-4-8-10)9-5-3-6-9/h9H,2-8H2,1H3. The van der Waals surface area contributed by atoms with Gasteiger partial charge in [0.15, 0.2) is 0 Å². The molecule has 2 saturated carbocycles. The molecule has 0 radical (unpaired) electrons. The molecule has 10 heavy (non-hydrogen) atoms. The molecular formula is C10H18. The van der Waals surface area contributed by atoms with E-state index >= 15 is 0 Å². The first-order chi connectivity index (χ1) is 4.87. The van der Waals surface area contributed by atoms with E-state index in [-0.39, 0.29) is 0 Å². The monoisotopic (exact) mass is 138 g/mol. The fourth-order valence-corrected chi connectivity index (χ4v) is 2.70. The van der Waals surface area contributed by atoms with Gasteiger partial charge in [-0.1, -0.05) is 26.2 Å². The average molecular weight is 138 g/mol. The summed E-state index contributed by atoms with van der Waals surface area (Å²) < 4.78 is 0. The van der Waals surface area contributed by atoms with Crippen LogP contribution in [0, 0.1) is 11.3 Å². The molecule has 0 saturated heterocycles. The van der Waals surface area contributed by atoms with Crippen LogP contribution in [0.1, 0.15) is 51.9 Å². The van der Waals surface area contributed by atoms with Crippen molar-refractivity contribution in [2.45, 2.75) is 51.9 Å². The first-order valence-corrected chi connectivity index (χ1v) is 4.87. The highest BCUT2D eigenvalue weighted by molar-refractivity contribution is 4.95. The summed E-state index contributed by atoms with van der Waals surface area (Å²) in [6, 6.07) is 0. The minimum atomic E-state index is 0.859. The quantitative estimate of drug-likeness (QED) is 0.549. The van der Waals surface area contributed by atoms with Gasteiger partial charge in [0, 0.05) is 0 Å². The molecule has 2 aliphatic carbocycles. The average Bonchev–Trinajstić information content (AvgIpc) is 1.73. The molecule has 2 fully saturated rings. The van der Waals surface area contributed by atoms with Gasteiger partial charge in [0.05, 0.1) is 0 Å². The van der Waals surface area contributed by atoms with E-state index in [1.165, 1.54) is 19.3 Å². The Morgan fingerprint density at radius 1 is 1.20 bits per heavy atom. The van der Waals surface area contributed by atoms with E-state index in [9.17, 15) is 0 Å². The van der Waals surface area contributed by atoms with Gasteiger partial charge in [-0.15, -0.1) is 0 Å². The van der Waals surface area contributed by atoms with Crippen LogP contribution in [0.4, 0.5) is 0 Å². The van der Waals surface area contributed by atoms with Crippen LogP contribution in [0.5, 0.6) is 0 Å². The molecule has 0 heterocycles. The lowest BCUT2D eigenvalue weighted by molar-refractivity contribution is -0.00156. The third-order valence-corrected chi connectivity index (χ3v) is 4.02. The van der Waals surface area contributed by atoms with Gasteiger partial charge in [-0.3, -0.25) is 0 Å². The normalized spacial score (nSPS) is 30.9. The summed E-state index contributed by atoms with van der Waals surface area (Å²) in [7, 11) is 0. The molecule has 0 N–H and O–H groups in total. The van der Waals surface area contributed by atoms with Gasteiger partial charge in [0.1, 0.15) is 0 Å². The smallest absolute Gasteiger partial charge is 0.0272 e. The summed E-state index contributed by atoms with van der Waals surface area (Å²) in [4.78, 5) is 0. The Kier molecular flexibility index (Phi) is 1.51. The van der Waals surface area contributed by atoms with Crippen molar-refractivity contribution in [1.82, 2.24) is 0 Å². The second kappa shape index (κ2) is 2.25. The minimum Gasteiger partial charge on any atom is -0.0648 e. The first kappa shape index (κ1) is 6.69. The zero-order valence-corrected chi connectivity index (χ0v) is 7.03. The SMILES string of the molecule is CCC1(C2CCC2)CCC1. The summed E-state index contributed by atoms with van der Waals surface area (Å²) >= 11 is 0. The van der Waals surface area contributed by atoms with Crippen LogP contribution in [-0.2, 0) is 0 Å². The fraction of sp³-hybridized carbons (Fsp3) is 1.00. The van der Waals surface area contributed by atoms with Crippen LogP contribution in [0.25, 0.3) is 0 Å². The van der Waals surface area contributed by atoms with E-state index < -0.39 is 0 Å². The largest absolute Gasteiger partial charge is 0.0648 e. The van der Waals surface area contributed by atoms with Gasteiger partial charge in [0.2, 0.25) is 0 Å². The fourth-order valence-electron chi connectivity index (χ4n) is 2.70. The molecule has 0 atom stereocenters. The molecule has 0 amide bonds. The summed E-state index contributed by atoms with van der Waals surface area (Å²) in [5.41, 5.74) is 0.859. The van der Waals surface area contributed by atoms with Crippen molar-refractivity contribution in [3.8, 4) is 0 Å². The molecule has 0 aliphatic heterocycles. The van der Waals surface area contributed by atoms with Crippen LogP contribution >= 0.6 is 0 Å². The Morgan fingerprint density at radius 2 is 1.90 bits per heavy atom. The van der Waals surface area contributed by atoms with E-state index in [4.69, 9.17) is 0 Å². The van der Waals surface area contributed by atoms with Gasteiger partial charge in [-0.05, 0) is 37.0 Å². The summed E-state index contributed by atoms with van der Waals surface area (Å²) in [6.07, 6.45) is 10.7. The molecule has 0 aromatic carbocycles. The van der Waals surface area contributed by atoms with Crippen molar-refractivity contribution in [2.75, 3.05) is 0 Å². The van der Waals surface area contributed by atoms with Crippen LogP contribution < -0.4 is 0 Å². The first-order valence-electron chi connectivity index (χ1n) is 4.87. The maximum atomic E-state index is 2.39. The number of hydrogen-bond donors (Lipinski definition) is 0. The van der Waals surface area contributed by atoms with Crippen LogP contribution in [-0.4, -0.2) is 0 Å². The van der Waals surface area contributed by atoms with Crippen molar-refractivity contribution < 1.29 is 0 Å². The second-order valence-electron chi connectivity index (χ2n) is 4.20. The topological polar surface area (TPSA) is 0 Å². The molecule has 58 valence electrons. The predicted octanol–water partition coefficient (Wildman–Crippen LogP) is 3.37. The maximum Gasteiger partial charge on any atom is -0.0272 e. The van der Waals surface area contributed by atoms with Gasteiger partial charge in [-0.2, -0.15) is 0 Å². The third kappa shape index (κ3) is 0.741. The third-order valence-electron chi connectivity index (χ3n) is 4.02. The molecule has 0 heteroatoms. The number of hydrogen-bond acceptors (Lipinski definition) is 0. The van der Waals surface area contributed by atoms with Gasteiger partial charge in [-0.25, -0.2) is 0 Å². The van der Waals surface area contributed by atoms with E-state index in [2.05, 4.69) is 6.92 Å².